The number of methoxy groups -OCH3 is 3. The fourth-order valence-electron chi connectivity index (χ4n) is 3.95. The van der Waals surface area contributed by atoms with Gasteiger partial charge in [0, 0.05) is 19.7 Å². The van der Waals surface area contributed by atoms with Gasteiger partial charge in [0.1, 0.15) is 17.5 Å². The Labute approximate surface area is 237 Å². The summed E-state index contributed by atoms with van der Waals surface area (Å²) in [7, 11) is 4.42. The minimum Gasteiger partial charge on any atom is -0.496 e. The molecule has 35 heavy (non-hydrogen) atoms. The van der Waals surface area contributed by atoms with E-state index in [2.05, 4.69) is 50.2 Å². The predicted molar refractivity (Wildman–Crippen MR) is 152 cm³/mol. The van der Waals surface area contributed by atoms with Crippen molar-refractivity contribution < 1.29 is 19.0 Å². The molecule has 4 rings (SSSR count). The lowest BCUT2D eigenvalue weighted by Gasteiger charge is -2.25. The molecule has 0 unspecified atom stereocenters. The maximum absolute atomic E-state index is 13.8. The zero-order valence-electron chi connectivity index (χ0n) is 19.0. The molecule has 0 saturated carbocycles. The van der Waals surface area contributed by atoms with Crippen LogP contribution >= 0.6 is 68.1 Å². The number of esters is 1. The Morgan fingerprint density at radius 1 is 1.17 bits per heavy atom. The Hall–Kier alpha value is -1.90. The van der Waals surface area contributed by atoms with E-state index in [9.17, 15) is 9.59 Å². The molecule has 0 amide bonds. The van der Waals surface area contributed by atoms with Crippen molar-refractivity contribution in [2.24, 2.45) is 4.99 Å². The van der Waals surface area contributed by atoms with Crippen molar-refractivity contribution in [2.75, 3.05) is 21.3 Å². The number of fused-ring (bicyclic) bond motifs is 1. The van der Waals surface area contributed by atoms with E-state index in [0.717, 1.165) is 12.7 Å². The van der Waals surface area contributed by atoms with Gasteiger partial charge in [0.2, 0.25) is 0 Å². The highest BCUT2D eigenvalue weighted by Crippen LogP contribution is 2.37. The van der Waals surface area contributed by atoms with Crippen LogP contribution in [0.2, 0.25) is 5.02 Å². The van der Waals surface area contributed by atoms with Crippen molar-refractivity contribution in [3.8, 4) is 11.5 Å². The number of carbonyl (C=O) groups excluding carboxylic acids is 1. The van der Waals surface area contributed by atoms with Crippen LogP contribution in [0.1, 0.15) is 24.1 Å². The van der Waals surface area contributed by atoms with Gasteiger partial charge in [-0.3, -0.25) is 9.36 Å². The van der Waals surface area contributed by atoms with Crippen LogP contribution in [0, 0.1) is 7.14 Å². The summed E-state index contributed by atoms with van der Waals surface area (Å²) in [5.74, 6) is 0.580. The van der Waals surface area contributed by atoms with E-state index in [-0.39, 0.29) is 11.1 Å². The second-order valence-corrected chi connectivity index (χ2v) is 11.3. The number of aromatic nitrogens is 1. The Kier molecular flexibility index (Phi) is 7.93. The molecule has 1 atom stereocenters. The minimum absolute atomic E-state index is 0.244. The van der Waals surface area contributed by atoms with Gasteiger partial charge in [-0.25, -0.2) is 9.79 Å². The number of benzene rings is 2. The van der Waals surface area contributed by atoms with E-state index in [4.69, 9.17) is 25.8 Å². The average molecular weight is 737 g/mol. The molecule has 0 saturated heterocycles. The summed E-state index contributed by atoms with van der Waals surface area (Å²) in [6, 6.07) is 8.20. The molecule has 0 fully saturated rings. The first-order valence-electron chi connectivity index (χ1n) is 10.2. The molecular formula is C24H19ClI2N2O5S. The second-order valence-electron chi connectivity index (χ2n) is 7.47. The van der Waals surface area contributed by atoms with E-state index < -0.39 is 12.0 Å². The molecule has 0 spiro atoms. The molecule has 11 heteroatoms. The Balaban J connectivity index is 2.05. The second kappa shape index (κ2) is 10.6. The van der Waals surface area contributed by atoms with Crippen molar-refractivity contribution in [1.29, 1.82) is 0 Å². The molecule has 0 aliphatic carbocycles. The minimum atomic E-state index is -0.826. The van der Waals surface area contributed by atoms with Gasteiger partial charge >= 0.3 is 5.97 Å². The smallest absolute Gasteiger partial charge is 0.338 e. The number of carbonyl (C=O) groups is 1. The highest BCUT2D eigenvalue weighted by molar-refractivity contribution is 14.1. The molecule has 7 nitrogen and oxygen atoms in total. The number of nitrogens with zero attached hydrogens (tertiary/aromatic N) is 2. The third-order valence-corrected chi connectivity index (χ3v) is 8.08. The molecule has 2 heterocycles. The molecule has 1 aromatic heterocycles. The molecule has 2 aromatic carbocycles. The summed E-state index contributed by atoms with van der Waals surface area (Å²) >= 11 is 12.0. The number of allylic oxidation sites excluding steroid dienone is 1. The van der Waals surface area contributed by atoms with Crippen molar-refractivity contribution in [2.45, 2.75) is 13.0 Å². The van der Waals surface area contributed by atoms with Crippen molar-refractivity contribution in [1.82, 2.24) is 4.57 Å². The number of ether oxygens (including phenoxy) is 3. The first-order chi connectivity index (χ1) is 16.7. The van der Waals surface area contributed by atoms with Crippen LogP contribution in [-0.4, -0.2) is 31.9 Å². The van der Waals surface area contributed by atoms with Gasteiger partial charge in [0.05, 0.1) is 40.7 Å². The Morgan fingerprint density at radius 2 is 1.91 bits per heavy atom. The summed E-state index contributed by atoms with van der Waals surface area (Å²) in [6.07, 6.45) is 1.79. The van der Waals surface area contributed by atoms with Gasteiger partial charge in [-0.1, -0.05) is 22.9 Å². The summed E-state index contributed by atoms with van der Waals surface area (Å²) < 4.78 is 20.1. The Bertz CT molecular complexity index is 1560. The number of hydrogen-bond acceptors (Lipinski definition) is 7. The van der Waals surface area contributed by atoms with Gasteiger partial charge in [0.15, 0.2) is 4.80 Å². The average Bonchev–Trinajstić information content (AvgIpc) is 3.11. The predicted octanol–water partition coefficient (Wildman–Crippen LogP) is 4.29. The van der Waals surface area contributed by atoms with Crippen molar-refractivity contribution in [3.63, 3.8) is 0 Å². The molecular weight excluding hydrogens is 718 g/mol. The lowest BCUT2D eigenvalue weighted by molar-refractivity contribution is -0.136. The third kappa shape index (κ3) is 4.89. The van der Waals surface area contributed by atoms with Crippen LogP contribution < -0.4 is 24.4 Å². The first-order valence-corrected chi connectivity index (χ1v) is 13.5. The summed E-state index contributed by atoms with van der Waals surface area (Å²) in [5, 5.41) is 0.444. The summed E-state index contributed by atoms with van der Waals surface area (Å²) in [4.78, 5) is 31.7. The molecule has 1 aliphatic rings. The molecule has 182 valence electrons. The number of halogens is 3. The van der Waals surface area contributed by atoms with Gasteiger partial charge in [-0.2, -0.15) is 0 Å². The van der Waals surface area contributed by atoms with Crippen LogP contribution in [0.15, 0.2) is 51.4 Å². The number of thiazole rings is 1. The maximum Gasteiger partial charge on any atom is 0.338 e. The normalized spacial score (nSPS) is 15.5. The van der Waals surface area contributed by atoms with Gasteiger partial charge in [0.25, 0.3) is 5.56 Å². The topological polar surface area (TPSA) is 79.1 Å². The summed E-state index contributed by atoms with van der Waals surface area (Å²) in [6.45, 7) is 1.72. The SMILES string of the molecule is COC(=O)C1=C(C)N=c2s/c(=C\c3cc(I)cc(I)c3OC)c(=O)n2[C@@H]1c1cc(Cl)ccc1OC. The molecule has 1 aliphatic heterocycles. The first kappa shape index (κ1) is 26.2. The van der Waals surface area contributed by atoms with Crippen LogP contribution in [0.3, 0.4) is 0 Å². The van der Waals surface area contributed by atoms with E-state index in [1.165, 1.54) is 30.1 Å². The molecule has 3 aromatic rings. The van der Waals surface area contributed by atoms with E-state index in [1.807, 2.05) is 12.1 Å². The zero-order chi connectivity index (χ0) is 25.4. The number of rotatable bonds is 5. The lowest BCUT2D eigenvalue weighted by Crippen LogP contribution is -2.40. The highest BCUT2D eigenvalue weighted by atomic mass is 127. The zero-order valence-corrected chi connectivity index (χ0v) is 24.9. The third-order valence-electron chi connectivity index (χ3n) is 5.44. The van der Waals surface area contributed by atoms with Crippen LogP contribution in [0.4, 0.5) is 0 Å². The summed E-state index contributed by atoms with van der Waals surface area (Å²) in [5.41, 5.74) is 1.73. The lowest BCUT2D eigenvalue weighted by atomic mass is 9.95. The fraction of sp³-hybridized carbons (Fsp3) is 0.208. The van der Waals surface area contributed by atoms with Gasteiger partial charge in [-0.15, -0.1) is 0 Å². The van der Waals surface area contributed by atoms with Crippen molar-refractivity contribution in [3.05, 3.63) is 84.6 Å². The maximum atomic E-state index is 13.8. The molecule has 0 radical (unpaired) electrons. The molecule has 0 N–H and O–H groups in total. The van der Waals surface area contributed by atoms with Gasteiger partial charge < -0.3 is 14.2 Å². The van der Waals surface area contributed by atoms with Gasteiger partial charge in [-0.05, 0) is 88.5 Å². The van der Waals surface area contributed by atoms with Crippen molar-refractivity contribution >= 4 is 80.2 Å². The van der Waals surface area contributed by atoms with Crippen LogP contribution in [0.5, 0.6) is 11.5 Å². The van der Waals surface area contributed by atoms with Crippen LogP contribution in [0.25, 0.3) is 6.08 Å². The highest BCUT2D eigenvalue weighted by Gasteiger charge is 2.35. The van der Waals surface area contributed by atoms with Crippen LogP contribution in [-0.2, 0) is 9.53 Å². The fourth-order valence-corrected chi connectivity index (χ4v) is 7.28. The van der Waals surface area contributed by atoms with E-state index >= 15 is 0 Å². The quantitative estimate of drug-likeness (QED) is 0.289. The largest absolute Gasteiger partial charge is 0.496 e. The molecule has 0 bridgehead atoms. The van der Waals surface area contributed by atoms with E-state index in [1.54, 1.807) is 38.3 Å². The Morgan fingerprint density at radius 3 is 2.57 bits per heavy atom. The monoisotopic (exact) mass is 736 g/mol. The van der Waals surface area contributed by atoms with E-state index in [0.29, 0.717) is 37.1 Å². The standard InChI is InChI=1S/C24H19ClI2N2O5S/c1-11-19(23(31)34-4)20(15-9-13(25)5-6-17(15)32-2)29-22(30)18(35-24(29)28-11)8-12-7-14(26)10-16(27)21(12)33-3/h5-10,20H,1-4H3/b18-8-/t20-/m1/s1. The number of hydrogen-bond donors (Lipinski definition) is 0.